The lowest BCUT2D eigenvalue weighted by atomic mass is 10.1. The average molecular weight is 274 g/mol. The Morgan fingerprint density at radius 2 is 1.84 bits per heavy atom. The van der Waals surface area contributed by atoms with Crippen molar-refractivity contribution in [1.29, 1.82) is 0 Å². The van der Waals surface area contributed by atoms with E-state index in [2.05, 4.69) is 10.6 Å². The molecule has 1 atom stereocenters. The first-order valence-electron chi connectivity index (χ1n) is 6.08. The second-order valence-corrected chi connectivity index (χ2v) is 5.16. The largest absolute Gasteiger partial charge is 0.480 e. The second kappa shape index (κ2) is 7.60. The Kier molecular flexibility index (Phi) is 6.89. The molecule has 7 nitrogen and oxygen atoms in total. The summed E-state index contributed by atoms with van der Waals surface area (Å²) in [5.41, 5.74) is -0.677. The van der Waals surface area contributed by atoms with Crippen LogP contribution in [0.25, 0.3) is 0 Å². The minimum absolute atomic E-state index is 0.174. The summed E-state index contributed by atoms with van der Waals surface area (Å²) in [5.74, 6) is -1.30. The third-order valence-corrected chi connectivity index (χ3v) is 2.03. The number of ether oxygens (including phenoxy) is 1. The minimum atomic E-state index is -1.13. The van der Waals surface area contributed by atoms with Crippen molar-refractivity contribution in [2.75, 3.05) is 6.54 Å². The third kappa shape index (κ3) is 9.87. The summed E-state index contributed by atoms with van der Waals surface area (Å²) in [6.07, 6.45) is -0.0966. The summed E-state index contributed by atoms with van der Waals surface area (Å²) < 4.78 is 4.98. The number of carbonyl (C=O) groups excluding carboxylic acids is 2. The normalized spacial score (nSPS) is 12.4. The average Bonchev–Trinajstić information content (AvgIpc) is 2.19. The van der Waals surface area contributed by atoms with Gasteiger partial charge >= 0.3 is 12.1 Å². The molecule has 0 radical (unpaired) electrons. The van der Waals surface area contributed by atoms with Crippen molar-refractivity contribution in [2.45, 2.75) is 52.2 Å². The molecule has 0 heterocycles. The van der Waals surface area contributed by atoms with Gasteiger partial charge < -0.3 is 20.5 Å². The highest BCUT2D eigenvalue weighted by atomic mass is 16.6. The van der Waals surface area contributed by atoms with E-state index in [1.165, 1.54) is 6.92 Å². The van der Waals surface area contributed by atoms with Gasteiger partial charge in [0.2, 0.25) is 5.91 Å². The summed E-state index contributed by atoms with van der Waals surface area (Å²) in [6, 6.07) is -1.02. The summed E-state index contributed by atoms with van der Waals surface area (Å²) in [7, 11) is 0. The van der Waals surface area contributed by atoms with Crippen molar-refractivity contribution >= 4 is 18.0 Å². The van der Waals surface area contributed by atoms with Crippen LogP contribution in [0.3, 0.4) is 0 Å². The van der Waals surface area contributed by atoms with E-state index in [0.717, 1.165) is 0 Å². The SMILES string of the molecule is CC(=O)NCCC[C@H](NC(=O)OC(C)(C)C)C(=O)O. The highest BCUT2D eigenvalue weighted by Gasteiger charge is 2.23. The van der Waals surface area contributed by atoms with Crippen molar-refractivity contribution in [1.82, 2.24) is 10.6 Å². The topological polar surface area (TPSA) is 105 Å². The van der Waals surface area contributed by atoms with Crippen molar-refractivity contribution in [3.05, 3.63) is 0 Å². The number of rotatable bonds is 6. The van der Waals surface area contributed by atoms with Gasteiger partial charge in [-0.1, -0.05) is 0 Å². The summed E-state index contributed by atoms with van der Waals surface area (Å²) >= 11 is 0. The van der Waals surface area contributed by atoms with Crippen LogP contribution in [0.4, 0.5) is 4.79 Å². The van der Waals surface area contributed by atoms with Crippen LogP contribution in [-0.4, -0.2) is 41.3 Å². The zero-order valence-electron chi connectivity index (χ0n) is 11.8. The van der Waals surface area contributed by atoms with Gasteiger partial charge in [0.1, 0.15) is 11.6 Å². The van der Waals surface area contributed by atoms with Crippen molar-refractivity contribution < 1.29 is 24.2 Å². The maximum Gasteiger partial charge on any atom is 0.408 e. The van der Waals surface area contributed by atoms with E-state index in [9.17, 15) is 14.4 Å². The van der Waals surface area contributed by atoms with Crippen molar-refractivity contribution in [3.63, 3.8) is 0 Å². The van der Waals surface area contributed by atoms with E-state index in [0.29, 0.717) is 13.0 Å². The van der Waals surface area contributed by atoms with Gasteiger partial charge in [-0.3, -0.25) is 4.79 Å². The molecule has 0 unspecified atom stereocenters. The molecule has 0 saturated heterocycles. The summed E-state index contributed by atoms with van der Waals surface area (Å²) in [4.78, 5) is 33.1. The molecule has 0 aromatic carbocycles. The number of carboxylic acid groups (broad SMARTS) is 1. The Morgan fingerprint density at radius 1 is 1.26 bits per heavy atom. The Balaban J connectivity index is 4.16. The molecule has 0 saturated carbocycles. The van der Waals surface area contributed by atoms with Crippen LogP contribution in [0.2, 0.25) is 0 Å². The molecule has 0 aliphatic heterocycles. The zero-order valence-corrected chi connectivity index (χ0v) is 11.8. The highest BCUT2D eigenvalue weighted by molar-refractivity contribution is 5.80. The second-order valence-electron chi connectivity index (χ2n) is 5.16. The van der Waals surface area contributed by atoms with E-state index in [4.69, 9.17) is 9.84 Å². The third-order valence-electron chi connectivity index (χ3n) is 2.03. The quantitative estimate of drug-likeness (QED) is 0.624. The summed E-state index contributed by atoms with van der Waals surface area (Å²) in [5, 5.41) is 13.8. The van der Waals surface area contributed by atoms with E-state index >= 15 is 0 Å². The molecule has 0 spiro atoms. The van der Waals surface area contributed by atoms with Crippen LogP contribution in [0, 0.1) is 0 Å². The lowest BCUT2D eigenvalue weighted by molar-refractivity contribution is -0.139. The number of carbonyl (C=O) groups is 3. The van der Waals surface area contributed by atoms with E-state index in [1.54, 1.807) is 20.8 Å². The molecule has 0 fully saturated rings. The lowest BCUT2D eigenvalue weighted by Crippen LogP contribution is -2.43. The number of hydrogen-bond acceptors (Lipinski definition) is 4. The van der Waals surface area contributed by atoms with E-state index in [1.807, 2.05) is 0 Å². The molecule has 0 aromatic heterocycles. The number of aliphatic carboxylic acids is 1. The molecule has 19 heavy (non-hydrogen) atoms. The van der Waals surface area contributed by atoms with E-state index < -0.39 is 23.7 Å². The molecule has 3 N–H and O–H groups in total. The predicted octanol–water partition coefficient (Wildman–Crippen LogP) is 0.881. The van der Waals surface area contributed by atoms with Gasteiger partial charge in [-0.2, -0.15) is 0 Å². The monoisotopic (exact) mass is 274 g/mol. The molecular weight excluding hydrogens is 252 g/mol. The molecule has 0 aliphatic carbocycles. The molecule has 0 aliphatic rings. The van der Waals surface area contributed by atoms with Crippen LogP contribution >= 0.6 is 0 Å². The fraction of sp³-hybridized carbons (Fsp3) is 0.750. The van der Waals surface area contributed by atoms with Gasteiger partial charge in [-0.15, -0.1) is 0 Å². The first kappa shape index (κ1) is 17.2. The van der Waals surface area contributed by atoms with Crippen LogP contribution < -0.4 is 10.6 Å². The molecule has 7 heteroatoms. The Bertz CT molecular complexity index is 336. The molecule has 110 valence electrons. The van der Waals surface area contributed by atoms with Gasteiger partial charge in [0, 0.05) is 13.5 Å². The number of alkyl carbamates (subject to hydrolysis) is 1. The van der Waals surface area contributed by atoms with Gasteiger partial charge in [0.15, 0.2) is 0 Å². The van der Waals surface area contributed by atoms with Gasteiger partial charge in [0.25, 0.3) is 0 Å². The molecule has 0 rings (SSSR count). The Morgan fingerprint density at radius 3 is 2.26 bits per heavy atom. The van der Waals surface area contributed by atoms with Gasteiger partial charge in [-0.25, -0.2) is 9.59 Å². The van der Waals surface area contributed by atoms with Crippen LogP contribution in [0.5, 0.6) is 0 Å². The zero-order chi connectivity index (χ0) is 15.1. The van der Waals surface area contributed by atoms with Gasteiger partial charge in [0.05, 0.1) is 0 Å². The molecule has 0 aromatic rings. The number of nitrogens with one attached hydrogen (secondary N) is 2. The summed E-state index contributed by atoms with van der Waals surface area (Å²) in [6.45, 7) is 6.83. The van der Waals surface area contributed by atoms with Gasteiger partial charge in [-0.05, 0) is 33.6 Å². The molecule has 0 bridgehead atoms. The fourth-order valence-corrected chi connectivity index (χ4v) is 1.28. The number of carboxylic acids is 1. The van der Waals surface area contributed by atoms with Crippen molar-refractivity contribution in [3.8, 4) is 0 Å². The van der Waals surface area contributed by atoms with Crippen LogP contribution in [-0.2, 0) is 14.3 Å². The smallest absolute Gasteiger partial charge is 0.408 e. The molecule has 2 amide bonds. The first-order chi connectivity index (χ1) is 8.61. The maximum atomic E-state index is 11.4. The minimum Gasteiger partial charge on any atom is -0.480 e. The Hall–Kier alpha value is -1.79. The maximum absolute atomic E-state index is 11.4. The van der Waals surface area contributed by atoms with Crippen LogP contribution in [0.1, 0.15) is 40.5 Å². The fourth-order valence-electron chi connectivity index (χ4n) is 1.28. The standard InChI is InChI=1S/C12H22N2O5/c1-8(15)13-7-5-6-9(10(16)17)14-11(18)19-12(2,3)4/h9H,5-7H2,1-4H3,(H,13,15)(H,14,18)(H,16,17)/t9-/m0/s1. The predicted molar refractivity (Wildman–Crippen MR) is 68.7 cm³/mol. The van der Waals surface area contributed by atoms with Crippen LogP contribution in [0.15, 0.2) is 0 Å². The highest BCUT2D eigenvalue weighted by Crippen LogP contribution is 2.07. The lowest BCUT2D eigenvalue weighted by Gasteiger charge is -2.22. The van der Waals surface area contributed by atoms with E-state index in [-0.39, 0.29) is 12.3 Å². The Labute approximate surface area is 112 Å². The number of amides is 2. The molecular formula is C12H22N2O5. The first-order valence-corrected chi connectivity index (χ1v) is 6.08. The number of hydrogen-bond donors (Lipinski definition) is 3. The van der Waals surface area contributed by atoms with Crippen molar-refractivity contribution in [2.24, 2.45) is 0 Å².